The fourth-order valence-electron chi connectivity index (χ4n) is 3.91. The molecule has 3 aromatic carbocycles. The topological polar surface area (TPSA) is 96.7 Å². The van der Waals surface area contributed by atoms with E-state index in [-0.39, 0.29) is 17.1 Å². The highest BCUT2D eigenvalue weighted by Gasteiger charge is 2.21. The Morgan fingerprint density at radius 3 is 2.51 bits per heavy atom. The van der Waals surface area contributed by atoms with E-state index in [2.05, 4.69) is 4.98 Å². The van der Waals surface area contributed by atoms with Crippen molar-refractivity contribution in [1.82, 2.24) is 4.98 Å². The number of aromatic nitrogens is 1. The molecule has 0 spiro atoms. The quantitative estimate of drug-likeness (QED) is 0.244. The van der Waals surface area contributed by atoms with Crippen LogP contribution in [0.3, 0.4) is 0 Å². The number of nitrogens with zero attached hydrogens (tertiary/aromatic N) is 1. The number of ketones is 1. The molecule has 35 heavy (non-hydrogen) atoms. The van der Waals surface area contributed by atoms with Gasteiger partial charge in [0.2, 0.25) is 0 Å². The number of aromatic hydroxyl groups is 1. The van der Waals surface area contributed by atoms with Gasteiger partial charge in [0, 0.05) is 28.8 Å². The fourth-order valence-corrected chi connectivity index (χ4v) is 3.91. The van der Waals surface area contributed by atoms with Gasteiger partial charge in [0.15, 0.2) is 5.78 Å². The van der Waals surface area contributed by atoms with E-state index in [1.165, 1.54) is 25.3 Å². The normalized spacial score (nSPS) is 11.5. The number of carboxylic acid groups (broad SMARTS) is 1. The highest BCUT2D eigenvalue weighted by molar-refractivity contribution is 6.14. The number of aliphatic carboxylic acids is 1. The lowest BCUT2D eigenvalue weighted by molar-refractivity contribution is -0.132. The molecule has 2 N–H and O–H groups in total. The zero-order chi connectivity index (χ0) is 25.1. The predicted octanol–water partition coefficient (Wildman–Crippen LogP) is 6.32. The van der Waals surface area contributed by atoms with Crippen molar-refractivity contribution in [3.63, 3.8) is 0 Å². The second-order valence-electron chi connectivity index (χ2n) is 8.30. The third-order valence-corrected chi connectivity index (χ3v) is 5.86. The number of hydrogen-bond donors (Lipinski definition) is 2. The standard InChI is InChI=1S/C29H25NO5/c1-4-19-7-5-6-8-23(19)27(32)25-16-30-26-15-21(31)10-12-24(26)28(25)35-22-11-9-20(17(2)14-22)13-18(3)29(33)34/h5-16,31H,4H2,1-3H3,(H,33,34)/b18-13+. The summed E-state index contributed by atoms with van der Waals surface area (Å²) in [4.78, 5) is 29.2. The molecule has 6 nitrogen and oxygen atoms in total. The van der Waals surface area contributed by atoms with Crippen molar-refractivity contribution in [2.75, 3.05) is 0 Å². The summed E-state index contributed by atoms with van der Waals surface area (Å²) >= 11 is 0. The Morgan fingerprint density at radius 2 is 1.80 bits per heavy atom. The molecule has 0 bridgehead atoms. The van der Waals surface area contributed by atoms with Gasteiger partial charge in [-0.05, 0) is 67.3 Å². The van der Waals surface area contributed by atoms with Gasteiger partial charge >= 0.3 is 5.97 Å². The molecule has 4 rings (SSSR count). The molecule has 4 aromatic rings. The summed E-state index contributed by atoms with van der Waals surface area (Å²) in [5.74, 6) is -0.284. The molecular formula is C29H25NO5. The second kappa shape index (κ2) is 9.81. The van der Waals surface area contributed by atoms with E-state index < -0.39 is 5.97 Å². The Kier molecular flexibility index (Phi) is 6.64. The Balaban J connectivity index is 1.83. The van der Waals surface area contributed by atoms with Crippen LogP contribution >= 0.6 is 0 Å². The Bertz CT molecular complexity index is 1490. The minimum atomic E-state index is -0.980. The Hall–Kier alpha value is -4.45. The molecular weight excluding hydrogens is 442 g/mol. The molecule has 176 valence electrons. The lowest BCUT2D eigenvalue weighted by Gasteiger charge is -2.15. The highest BCUT2D eigenvalue weighted by Crippen LogP contribution is 2.36. The minimum Gasteiger partial charge on any atom is -0.508 e. The zero-order valence-corrected chi connectivity index (χ0v) is 19.7. The molecule has 0 saturated heterocycles. The Labute approximate surface area is 203 Å². The Morgan fingerprint density at radius 1 is 1.03 bits per heavy atom. The third kappa shape index (κ3) is 4.92. The van der Waals surface area contributed by atoms with Gasteiger partial charge in [0.05, 0.1) is 11.1 Å². The molecule has 1 heterocycles. The first kappa shape index (κ1) is 23.7. The van der Waals surface area contributed by atoms with E-state index in [9.17, 15) is 14.7 Å². The van der Waals surface area contributed by atoms with Crippen LogP contribution in [0.25, 0.3) is 17.0 Å². The fraction of sp³-hybridized carbons (Fsp3) is 0.138. The van der Waals surface area contributed by atoms with Crippen LogP contribution < -0.4 is 4.74 Å². The summed E-state index contributed by atoms with van der Waals surface area (Å²) in [7, 11) is 0. The van der Waals surface area contributed by atoms with Crippen LogP contribution in [0.2, 0.25) is 0 Å². The van der Waals surface area contributed by atoms with Gasteiger partial charge in [0.25, 0.3) is 0 Å². The third-order valence-electron chi connectivity index (χ3n) is 5.86. The number of carboxylic acids is 1. The summed E-state index contributed by atoms with van der Waals surface area (Å²) in [6, 6.07) is 17.5. The van der Waals surface area contributed by atoms with Gasteiger partial charge in [-0.25, -0.2) is 4.79 Å². The molecule has 0 saturated carbocycles. The number of rotatable bonds is 7. The lowest BCUT2D eigenvalue weighted by Crippen LogP contribution is -2.08. The van der Waals surface area contributed by atoms with Crippen molar-refractivity contribution in [2.24, 2.45) is 0 Å². The number of ether oxygens (including phenoxy) is 1. The van der Waals surface area contributed by atoms with Crippen molar-refractivity contribution < 1.29 is 24.5 Å². The van der Waals surface area contributed by atoms with E-state index in [4.69, 9.17) is 9.84 Å². The van der Waals surface area contributed by atoms with Crippen molar-refractivity contribution in [3.05, 3.63) is 100 Å². The van der Waals surface area contributed by atoms with Gasteiger partial charge in [-0.1, -0.05) is 37.3 Å². The number of aryl methyl sites for hydroxylation is 2. The molecule has 0 unspecified atom stereocenters. The molecule has 1 aromatic heterocycles. The molecule has 6 heteroatoms. The summed E-state index contributed by atoms with van der Waals surface area (Å²) < 4.78 is 6.29. The smallest absolute Gasteiger partial charge is 0.331 e. The van der Waals surface area contributed by atoms with Gasteiger partial charge in [-0.15, -0.1) is 0 Å². The van der Waals surface area contributed by atoms with Crippen molar-refractivity contribution in [3.8, 4) is 17.2 Å². The number of fused-ring (bicyclic) bond motifs is 1. The van der Waals surface area contributed by atoms with Gasteiger partial charge in [-0.3, -0.25) is 9.78 Å². The van der Waals surface area contributed by atoms with Crippen molar-refractivity contribution >= 4 is 28.7 Å². The summed E-state index contributed by atoms with van der Waals surface area (Å²) in [5.41, 5.74) is 4.12. The van der Waals surface area contributed by atoms with Gasteiger partial charge in [-0.2, -0.15) is 0 Å². The van der Waals surface area contributed by atoms with Crippen molar-refractivity contribution in [2.45, 2.75) is 27.2 Å². The minimum absolute atomic E-state index is 0.0622. The maximum atomic E-state index is 13.6. The molecule has 0 aliphatic rings. The number of carbonyl (C=O) groups is 2. The van der Waals surface area contributed by atoms with Gasteiger partial charge in [0.1, 0.15) is 17.2 Å². The van der Waals surface area contributed by atoms with E-state index in [0.717, 1.165) is 16.7 Å². The average Bonchev–Trinajstić information content (AvgIpc) is 2.85. The maximum absolute atomic E-state index is 13.6. The number of hydrogen-bond acceptors (Lipinski definition) is 5. The molecule has 0 radical (unpaired) electrons. The molecule has 0 atom stereocenters. The van der Waals surface area contributed by atoms with Crippen LogP contribution in [0, 0.1) is 6.92 Å². The number of phenolic OH excluding ortho intramolecular Hbond substituents is 1. The number of pyridine rings is 1. The van der Waals surface area contributed by atoms with Crippen LogP contribution in [0.5, 0.6) is 17.2 Å². The van der Waals surface area contributed by atoms with E-state index in [1.807, 2.05) is 32.0 Å². The SMILES string of the molecule is CCc1ccccc1C(=O)c1cnc2cc(O)ccc2c1Oc1ccc(/C=C(\C)C(=O)O)c(C)c1. The lowest BCUT2D eigenvalue weighted by atomic mass is 9.96. The zero-order valence-electron chi connectivity index (χ0n) is 19.7. The van der Waals surface area contributed by atoms with E-state index in [0.29, 0.717) is 39.9 Å². The van der Waals surface area contributed by atoms with Crippen LogP contribution in [0.1, 0.15) is 46.5 Å². The first-order valence-corrected chi connectivity index (χ1v) is 11.2. The molecule has 0 fully saturated rings. The summed E-state index contributed by atoms with van der Waals surface area (Å²) in [6.45, 7) is 5.40. The maximum Gasteiger partial charge on any atom is 0.331 e. The number of benzene rings is 3. The molecule has 0 amide bonds. The number of phenols is 1. The summed E-state index contributed by atoms with van der Waals surface area (Å²) in [5, 5.41) is 19.7. The van der Waals surface area contributed by atoms with Crippen LogP contribution in [-0.4, -0.2) is 26.9 Å². The molecule has 0 aliphatic heterocycles. The highest BCUT2D eigenvalue weighted by atomic mass is 16.5. The van der Waals surface area contributed by atoms with Crippen LogP contribution in [0.4, 0.5) is 0 Å². The number of carbonyl (C=O) groups excluding carboxylic acids is 1. The first-order chi connectivity index (χ1) is 16.8. The summed E-state index contributed by atoms with van der Waals surface area (Å²) in [6.07, 6.45) is 3.78. The van der Waals surface area contributed by atoms with Crippen molar-refractivity contribution in [1.29, 1.82) is 0 Å². The predicted molar refractivity (Wildman–Crippen MR) is 135 cm³/mol. The van der Waals surface area contributed by atoms with E-state index in [1.54, 1.807) is 36.4 Å². The monoisotopic (exact) mass is 467 g/mol. The molecule has 0 aliphatic carbocycles. The largest absolute Gasteiger partial charge is 0.508 e. The van der Waals surface area contributed by atoms with Crippen LogP contribution in [-0.2, 0) is 11.2 Å². The second-order valence-corrected chi connectivity index (χ2v) is 8.30. The van der Waals surface area contributed by atoms with Gasteiger partial charge < -0.3 is 14.9 Å². The first-order valence-electron chi connectivity index (χ1n) is 11.2. The average molecular weight is 468 g/mol. The van der Waals surface area contributed by atoms with Crippen LogP contribution in [0.15, 0.2) is 72.4 Å². The van der Waals surface area contributed by atoms with E-state index >= 15 is 0 Å².